The maximum Gasteiger partial charge on any atom is 0.358 e. The zero-order chi connectivity index (χ0) is 14.7. The average Bonchev–Trinajstić information content (AvgIpc) is 2.82. The Morgan fingerprint density at radius 3 is 2.80 bits per heavy atom. The fourth-order valence-corrected chi connectivity index (χ4v) is 2.52. The van der Waals surface area contributed by atoms with Gasteiger partial charge >= 0.3 is 5.97 Å². The highest BCUT2D eigenvalue weighted by atomic mass is 16.4. The van der Waals surface area contributed by atoms with E-state index in [1.807, 2.05) is 11.8 Å². The Morgan fingerprint density at radius 2 is 2.20 bits per heavy atom. The molecule has 1 aliphatic rings. The van der Waals surface area contributed by atoms with Crippen LogP contribution in [0.5, 0.6) is 0 Å². The standard InChI is InChI=1S/C12H19N5O3/c1-8-4-2-3-5-16(8)10(18)7-17-9(6-13)11(12(19)20)14-15-17/h8H,2-7,13H2,1H3,(H,19,20). The van der Waals surface area contributed by atoms with Crippen molar-refractivity contribution in [3.05, 3.63) is 11.4 Å². The van der Waals surface area contributed by atoms with Gasteiger partial charge in [-0.3, -0.25) is 4.79 Å². The summed E-state index contributed by atoms with van der Waals surface area (Å²) in [4.78, 5) is 25.1. The molecule has 1 amide bonds. The van der Waals surface area contributed by atoms with Gasteiger partial charge in [0.1, 0.15) is 6.54 Å². The summed E-state index contributed by atoms with van der Waals surface area (Å²) in [6, 6.07) is 0.208. The lowest BCUT2D eigenvalue weighted by atomic mass is 10.0. The number of nitrogens with zero attached hydrogens (tertiary/aromatic N) is 4. The number of aromatic carboxylic acids is 1. The minimum absolute atomic E-state index is 0.0164. The molecule has 2 rings (SSSR count). The lowest BCUT2D eigenvalue weighted by Crippen LogP contribution is -2.43. The molecule has 8 heteroatoms. The van der Waals surface area contributed by atoms with Crippen LogP contribution in [0.15, 0.2) is 0 Å². The summed E-state index contributed by atoms with van der Waals surface area (Å²) in [5.74, 6) is -1.26. The van der Waals surface area contributed by atoms with E-state index in [2.05, 4.69) is 10.3 Å². The summed E-state index contributed by atoms with van der Waals surface area (Å²) >= 11 is 0. The van der Waals surface area contributed by atoms with Crippen LogP contribution in [-0.2, 0) is 17.9 Å². The van der Waals surface area contributed by atoms with Gasteiger partial charge in [0.25, 0.3) is 0 Å². The first kappa shape index (κ1) is 14.4. The van der Waals surface area contributed by atoms with Crippen LogP contribution >= 0.6 is 0 Å². The molecule has 8 nitrogen and oxygen atoms in total. The van der Waals surface area contributed by atoms with Crippen LogP contribution in [0.25, 0.3) is 0 Å². The number of hydrogen-bond donors (Lipinski definition) is 2. The molecule has 0 spiro atoms. The molecule has 110 valence electrons. The number of carboxylic acid groups (broad SMARTS) is 1. The van der Waals surface area contributed by atoms with Gasteiger partial charge in [-0.25, -0.2) is 9.48 Å². The van der Waals surface area contributed by atoms with Crippen molar-refractivity contribution in [3.8, 4) is 0 Å². The predicted molar refractivity (Wildman–Crippen MR) is 69.9 cm³/mol. The number of carbonyl (C=O) groups excluding carboxylic acids is 1. The molecule has 2 heterocycles. The highest BCUT2D eigenvalue weighted by Gasteiger charge is 2.25. The summed E-state index contributed by atoms with van der Waals surface area (Å²) in [7, 11) is 0. The van der Waals surface area contributed by atoms with Crippen molar-refractivity contribution < 1.29 is 14.7 Å². The van der Waals surface area contributed by atoms with Crippen molar-refractivity contribution >= 4 is 11.9 Å². The van der Waals surface area contributed by atoms with Gasteiger partial charge < -0.3 is 15.7 Å². The Labute approximate surface area is 116 Å². The molecule has 20 heavy (non-hydrogen) atoms. The number of rotatable bonds is 4. The second-order valence-corrected chi connectivity index (χ2v) is 4.98. The highest BCUT2D eigenvalue weighted by Crippen LogP contribution is 2.17. The number of hydrogen-bond acceptors (Lipinski definition) is 5. The molecule has 3 N–H and O–H groups in total. The van der Waals surface area contributed by atoms with Gasteiger partial charge in [0, 0.05) is 19.1 Å². The van der Waals surface area contributed by atoms with Gasteiger partial charge in [0.2, 0.25) is 5.91 Å². The van der Waals surface area contributed by atoms with Gasteiger partial charge in [0.15, 0.2) is 5.69 Å². The van der Waals surface area contributed by atoms with E-state index >= 15 is 0 Å². The summed E-state index contributed by atoms with van der Waals surface area (Å²) in [6.07, 6.45) is 3.12. The van der Waals surface area contributed by atoms with Crippen LogP contribution in [0.3, 0.4) is 0 Å². The molecular weight excluding hydrogens is 262 g/mol. The van der Waals surface area contributed by atoms with Crippen LogP contribution in [0.4, 0.5) is 0 Å². The number of piperidine rings is 1. The highest BCUT2D eigenvalue weighted by molar-refractivity contribution is 5.86. The topological polar surface area (TPSA) is 114 Å². The summed E-state index contributed by atoms with van der Waals surface area (Å²) < 4.78 is 1.28. The zero-order valence-corrected chi connectivity index (χ0v) is 11.4. The fraction of sp³-hybridized carbons (Fsp3) is 0.667. The Morgan fingerprint density at radius 1 is 1.45 bits per heavy atom. The van der Waals surface area contributed by atoms with Crippen LogP contribution in [0.1, 0.15) is 42.4 Å². The van der Waals surface area contributed by atoms with E-state index in [4.69, 9.17) is 10.8 Å². The molecule has 1 fully saturated rings. The first-order valence-corrected chi connectivity index (χ1v) is 6.69. The maximum atomic E-state index is 12.3. The SMILES string of the molecule is CC1CCCCN1C(=O)Cn1nnc(C(=O)O)c1CN. The fourth-order valence-electron chi connectivity index (χ4n) is 2.52. The van der Waals surface area contributed by atoms with E-state index in [1.54, 1.807) is 0 Å². The number of amides is 1. The first-order valence-electron chi connectivity index (χ1n) is 6.69. The van der Waals surface area contributed by atoms with E-state index in [0.717, 1.165) is 25.8 Å². The molecule has 1 unspecified atom stereocenters. The maximum absolute atomic E-state index is 12.3. The Bertz CT molecular complexity index is 513. The van der Waals surface area contributed by atoms with Crippen molar-refractivity contribution in [2.75, 3.05) is 6.54 Å². The van der Waals surface area contributed by atoms with Gasteiger partial charge in [-0.05, 0) is 26.2 Å². The van der Waals surface area contributed by atoms with E-state index in [1.165, 1.54) is 4.68 Å². The van der Waals surface area contributed by atoms with Gasteiger partial charge in [-0.15, -0.1) is 5.10 Å². The smallest absolute Gasteiger partial charge is 0.358 e. The summed E-state index contributed by atoms with van der Waals surface area (Å²) in [6.45, 7) is 2.72. The molecule has 0 aliphatic carbocycles. The molecular formula is C12H19N5O3. The van der Waals surface area contributed by atoms with Gasteiger partial charge in [-0.2, -0.15) is 0 Å². The largest absolute Gasteiger partial charge is 0.476 e. The molecule has 0 radical (unpaired) electrons. The van der Waals surface area contributed by atoms with E-state index in [9.17, 15) is 9.59 Å². The second kappa shape index (κ2) is 6.00. The third-order valence-electron chi connectivity index (χ3n) is 3.64. The van der Waals surface area contributed by atoms with Gasteiger partial charge in [-0.1, -0.05) is 5.21 Å². The lowest BCUT2D eigenvalue weighted by Gasteiger charge is -2.33. The monoisotopic (exact) mass is 281 g/mol. The molecule has 0 saturated carbocycles. The number of aromatic nitrogens is 3. The third-order valence-corrected chi connectivity index (χ3v) is 3.64. The molecule has 1 aromatic rings. The Hall–Kier alpha value is -1.96. The average molecular weight is 281 g/mol. The summed E-state index contributed by atoms with van der Waals surface area (Å²) in [5.41, 5.74) is 5.61. The van der Waals surface area contributed by atoms with E-state index < -0.39 is 5.97 Å². The molecule has 1 saturated heterocycles. The Kier molecular flexibility index (Phi) is 4.33. The van der Waals surface area contributed by atoms with E-state index in [-0.39, 0.29) is 36.4 Å². The minimum Gasteiger partial charge on any atom is -0.476 e. The van der Waals surface area contributed by atoms with Crippen molar-refractivity contribution in [1.29, 1.82) is 0 Å². The third kappa shape index (κ3) is 2.79. The molecule has 1 aromatic heterocycles. The molecule has 1 aliphatic heterocycles. The molecule has 0 aromatic carbocycles. The van der Waals surface area contributed by atoms with Crippen LogP contribution < -0.4 is 5.73 Å². The van der Waals surface area contributed by atoms with Crippen molar-refractivity contribution in [3.63, 3.8) is 0 Å². The molecule has 0 bridgehead atoms. The number of likely N-dealkylation sites (tertiary alicyclic amines) is 1. The predicted octanol–water partition coefficient (Wildman–Crippen LogP) is -0.164. The molecule has 1 atom stereocenters. The first-order chi connectivity index (χ1) is 9.54. The number of nitrogens with two attached hydrogens (primary N) is 1. The zero-order valence-electron chi connectivity index (χ0n) is 11.4. The number of carboxylic acids is 1. The van der Waals surface area contributed by atoms with Crippen LogP contribution in [0, 0.1) is 0 Å². The summed E-state index contributed by atoms with van der Waals surface area (Å²) in [5, 5.41) is 16.3. The van der Waals surface area contributed by atoms with Gasteiger partial charge in [0.05, 0.1) is 5.69 Å². The number of carbonyl (C=O) groups is 2. The second-order valence-electron chi connectivity index (χ2n) is 4.98. The lowest BCUT2D eigenvalue weighted by molar-refractivity contribution is -0.135. The normalized spacial score (nSPS) is 19.1. The quantitative estimate of drug-likeness (QED) is 0.792. The van der Waals surface area contributed by atoms with Crippen LogP contribution in [0.2, 0.25) is 0 Å². The van der Waals surface area contributed by atoms with E-state index in [0.29, 0.717) is 0 Å². The van der Waals surface area contributed by atoms with Crippen molar-refractivity contribution in [2.24, 2.45) is 5.73 Å². The van der Waals surface area contributed by atoms with Crippen molar-refractivity contribution in [1.82, 2.24) is 19.9 Å². The Balaban J connectivity index is 2.13. The minimum atomic E-state index is -1.18. The van der Waals surface area contributed by atoms with Crippen LogP contribution in [-0.4, -0.2) is 49.5 Å². The van der Waals surface area contributed by atoms with Crippen molar-refractivity contribution in [2.45, 2.75) is 45.3 Å².